The highest BCUT2D eigenvalue weighted by Gasteiger charge is 2.26. The Balaban J connectivity index is 2.27. The molecule has 0 spiro atoms. The van der Waals surface area contributed by atoms with Crippen LogP contribution in [0.25, 0.3) is 0 Å². The van der Waals surface area contributed by atoms with E-state index >= 15 is 0 Å². The van der Waals surface area contributed by atoms with Gasteiger partial charge in [-0.15, -0.1) is 0 Å². The molecule has 1 aliphatic heterocycles. The van der Waals surface area contributed by atoms with E-state index in [-0.39, 0.29) is 11.8 Å². The lowest BCUT2D eigenvalue weighted by Crippen LogP contribution is -2.38. The zero-order chi connectivity index (χ0) is 16.3. The van der Waals surface area contributed by atoms with Crippen molar-refractivity contribution in [3.63, 3.8) is 0 Å². The van der Waals surface area contributed by atoms with Crippen LogP contribution in [0.3, 0.4) is 0 Å². The summed E-state index contributed by atoms with van der Waals surface area (Å²) in [6, 6.07) is 6.06. The van der Waals surface area contributed by atoms with Gasteiger partial charge in [0.1, 0.15) is 0 Å². The fourth-order valence-electron chi connectivity index (χ4n) is 2.93. The Morgan fingerprint density at radius 1 is 1.00 bits per heavy atom. The fraction of sp³-hybridized carbons (Fsp3) is 0.556. The number of nitrogens with zero attached hydrogens (tertiary/aromatic N) is 1. The minimum absolute atomic E-state index is 0.288. The summed E-state index contributed by atoms with van der Waals surface area (Å²) in [5.74, 6) is -0.352. The second-order valence-electron chi connectivity index (χ2n) is 6.57. The van der Waals surface area contributed by atoms with E-state index in [1.807, 2.05) is 18.2 Å². The van der Waals surface area contributed by atoms with Gasteiger partial charge in [-0.25, -0.2) is 0 Å². The van der Waals surface area contributed by atoms with Crippen molar-refractivity contribution in [2.45, 2.75) is 52.4 Å². The van der Waals surface area contributed by atoms with Gasteiger partial charge in [-0.05, 0) is 35.8 Å². The molecule has 1 aromatic rings. The first-order valence-electron chi connectivity index (χ1n) is 8.15. The average Bonchev–Trinajstić information content (AvgIpc) is 3.00. The molecule has 0 unspecified atom stereocenters. The van der Waals surface area contributed by atoms with Crippen LogP contribution in [0.1, 0.15) is 63.5 Å². The monoisotopic (exact) mass is 302 g/mol. The Hall–Kier alpha value is -1.84. The topological polar surface area (TPSA) is 49.4 Å². The maximum atomic E-state index is 12.3. The normalized spacial score (nSPS) is 14.7. The number of hydrogen-bond acceptors (Lipinski definition) is 2. The molecule has 0 aromatic heterocycles. The van der Waals surface area contributed by atoms with E-state index < -0.39 is 11.8 Å². The van der Waals surface area contributed by atoms with E-state index in [1.165, 1.54) is 0 Å². The summed E-state index contributed by atoms with van der Waals surface area (Å²) in [7, 11) is 0. The molecule has 0 atom stereocenters. The Morgan fingerprint density at radius 2 is 1.50 bits per heavy atom. The zero-order valence-electron chi connectivity index (χ0n) is 14.0. The molecule has 1 aliphatic rings. The first kappa shape index (κ1) is 16.5. The summed E-state index contributed by atoms with van der Waals surface area (Å²) >= 11 is 0. The minimum atomic E-state index is -0.517. The highest BCUT2D eigenvalue weighted by Crippen LogP contribution is 2.32. The molecule has 1 N–H and O–H groups in total. The molecule has 22 heavy (non-hydrogen) atoms. The summed E-state index contributed by atoms with van der Waals surface area (Å²) in [5, 5.41) is 2.89. The molecular formula is C18H26N2O2. The van der Waals surface area contributed by atoms with E-state index in [0.29, 0.717) is 13.1 Å². The molecule has 1 heterocycles. The molecule has 120 valence electrons. The smallest absolute Gasteiger partial charge is 0.313 e. The van der Waals surface area contributed by atoms with E-state index in [4.69, 9.17) is 0 Å². The van der Waals surface area contributed by atoms with Gasteiger partial charge in [-0.2, -0.15) is 0 Å². The lowest BCUT2D eigenvalue weighted by atomic mass is 9.92. The molecule has 1 fully saturated rings. The molecule has 1 aromatic carbocycles. The van der Waals surface area contributed by atoms with Gasteiger partial charge in [0, 0.05) is 18.8 Å². The van der Waals surface area contributed by atoms with Crippen LogP contribution in [0, 0.1) is 0 Å². The highest BCUT2D eigenvalue weighted by atomic mass is 16.2. The standard InChI is InChI=1S/C18H26N2O2/c1-12(2)14-8-7-9-15(13(3)4)16(14)19-17(21)18(22)20-10-5-6-11-20/h7-9,12-13H,5-6,10-11H2,1-4H3,(H,19,21). The second kappa shape index (κ2) is 6.95. The SMILES string of the molecule is CC(C)c1cccc(C(C)C)c1NC(=O)C(=O)N1CCCC1. The minimum Gasteiger partial charge on any atom is -0.334 e. The van der Waals surface area contributed by atoms with E-state index in [0.717, 1.165) is 29.7 Å². The van der Waals surface area contributed by atoms with Gasteiger partial charge in [0.2, 0.25) is 0 Å². The van der Waals surface area contributed by atoms with Gasteiger partial charge in [-0.3, -0.25) is 9.59 Å². The summed E-state index contributed by atoms with van der Waals surface area (Å²) < 4.78 is 0. The number of benzene rings is 1. The van der Waals surface area contributed by atoms with Crippen molar-refractivity contribution >= 4 is 17.5 Å². The van der Waals surface area contributed by atoms with Crippen molar-refractivity contribution in [1.82, 2.24) is 4.90 Å². The van der Waals surface area contributed by atoms with Crippen molar-refractivity contribution in [2.24, 2.45) is 0 Å². The number of hydrogen-bond donors (Lipinski definition) is 1. The first-order chi connectivity index (χ1) is 10.4. The van der Waals surface area contributed by atoms with Crippen LogP contribution in [0.5, 0.6) is 0 Å². The van der Waals surface area contributed by atoms with Crippen LogP contribution in [0.2, 0.25) is 0 Å². The number of carbonyl (C=O) groups is 2. The number of rotatable bonds is 3. The molecule has 2 rings (SSSR count). The Kier molecular flexibility index (Phi) is 5.22. The summed E-state index contributed by atoms with van der Waals surface area (Å²) in [5.41, 5.74) is 2.97. The van der Waals surface area contributed by atoms with Crippen molar-refractivity contribution in [2.75, 3.05) is 18.4 Å². The molecule has 0 aliphatic carbocycles. The second-order valence-corrected chi connectivity index (χ2v) is 6.57. The summed E-state index contributed by atoms with van der Waals surface area (Å²) in [6.07, 6.45) is 1.97. The molecule has 2 amide bonds. The molecular weight excluding hydrogens is 276 g/mol. The van der Waals surface area contributed by atoms with Crippen LogP contribution in [-0.2, 0) is 9.59 Å². The summed E-state index contributed by atoms with van der Waals surface area (Å²) in [6.45, 7) is 9.76. The van der Waals surface area contributed by atoms with Crippen LogP contribution in [-0.4, -0.2) is 29.8 Å². The predicted molar refractivity (Wildman–Crippen MR) is 89.1 cm³/mol. The maximum absolute atomic E-state index is 12.3. The highest BCUT2D eigenvalue weighted by molar-refractivity contribution is 6.39. The lowest BCUT2D eigenvalue weighted by molar-refractivity contribution is -0.142. The number of para-hydroxylation sites is 1. The van der Waals surface area contributed by atoms with E-state index in [2.05, 4.69) is 33.0 Å². The van der Waals surface area contributed by atoms with Crippen LogP contribution >= 0.6 is 0 Å². The third-order valence-corrected chi connectivity index (χ3v) is 4.20. The molecule has 0 saturated carbocycles. The maximum Gasteiger partial charge on any atom is 0.313 e. The Morgan fingerprint density at radius 3 is 1.95 bits per heavy atom. The first-order valence-corrected chi connectivity index (χ1v) is 8.15. The van der Waals surface area contributed by atoms with Crippen LogP contribution in [0.15, 0.2) is 18.2 Å². The molecule has 4 nitrogen and oxygen atoms in total. The van der Waals surface area contributed by atoms with Gasteiger partial charge in [0.05, 0.1) is 0 Å². The molecule has 0 bridgehead atoms. The number of nitrogens with one attached hydrogen (secondary N) is 1. The third kappa shape index (κ3) is 3.49. The van der Waals surface area contributed by atoms with Gasteiger partial charge in [0.15, 0.2) is 0 Å². The van der Waals surface area contributed by atoms with Crippen molar-refractivity contribution in [3.8, 4) is 0 Å². The van der Waals surface area contributed by atoms with E-state index in [1.54, 1.807) is 4.90 Å². The molecule has 0 radical (unpaired) electrons. The molecule has 1 saturated heterocycles. The number of anilines is 1. The van der Waals surface area contributed by atoms with Gasteiger partial charge >= 0.3 is 11.8 Å². The van der Waals surface area contributed by atoms with Crippen molar-refractivity contribution in [1.29, 1.82) is 0 Å². The van der Waals surface area contributed by atoms with Crippen LogP contribution < -0.4 is 5.32 Å². The lowest BCUT2D eigenvalue weighted by Gasteiger charge is -2.21. The average molecular weight is 302 g/mol. The number of carbonyl (C=O) groups excluding carboxylic acids is 2. The predicted octanol–water partition coefficient (Wildman–Crippen LogP) is 3.49. The van der Waals surface area contributed by atoms with Gasteiger partial charge in [-0.1, -0.05) is 45.9 Å². The van der Waals surface area contributed by atoms with Crippen LogP contribution in [0.4, 0.5) is 5.69 Å². The Bertz CT molecular complexity index is 532. The fourth-order valence-corrected chi connectivity index (χ4v) is 2.93. The largest absolute Gasteiger partial charge is 0.334 e. The quantitative estimate of drug-likeness (QED) is 0.869. The zero-order valence-corrected chi connectivity index (χ0v) is 14.0. The van der Waals surface area contributed by atoms with Crippen molar-refractivity contribution in [3.05, 3.63) is 29.3 Å². The number of likely N-dealkylation sites (tertiary alicyclic amines) is 1. The number of amides is 2. The van der Waals surface area contributed by atoms with Crippen molar-refractivity contribution < 1.29 is 9.59 Å². The third-order valence-electron chi connectivity index (χ3n) is 4.20. The molecule has 4 heteroatoms. The van der Waals surface area contributed by atoms with Gasteiger partial charge < -0.3 is 10.2 Å². The van der Waals surface area contributed by atoms with E-state index in [9.17, 15) is 9.59 Å². The summed E-state index contributed by atoms with van der Waals surface area (Å²) in [4.78, 5) is 26.2. The Labute approximate surface area is 132 Å². The van der Waals surface area contributed by atoms with Gasteiger partial charge in [0.25, 0.3) is 0 Å².